The third kappa shape index (κ3) is 2.49. The summed E-state index contributed by atoms with van der Waals surface area (Å²) in [6.45, 7) is 13.7. The van der Waals surface area contributed by atoms with E-state index in [1.807, 2.05) is 0 Å². The second kappa shape index (κ2) is 4.81. The van der Waals surface area contributed by atoms with Gasteiger partial charge in [-0.15, -0.1) is 0 Å². The largest absolute Gasteiger partial charge is 0.221 e. The van der Waals surface area contributed by atoms with E-state index < -0.39 is 0 Å². The zero-order valence-corrected chi connectivity index (χ0v) is 14.6. The maximum absolute atomic E-state index is 2.52. The predicted molar refractivity (Wildman–Crippen MR) is 96.3 cm³/mol. The summed E-state index contributed by atoms with van der Waals surface area (Å²) in [5, 5.41) is 0. The van der Waals surface area contributed by atoms with Gasteiger partial charge in [0.05, 0.1) is 0 Å². The third-order valence-corrected chi connectivity index (χ3v) is 4.20. The molecule has 1 aromatic carbocycles. The molecule has 0 atom stereocenters. The lowest BCUT2D eigenvalue weighted by Crippen LogP contribution is -2.48. The van der Waals surface area contributed by atoms with Crippen LogP contribution in [0.15, 0.2) is 48.1 Å². The molecule has 0 saturated carbocycles. The number of hydrogen-bond acceptors (Lipinski definition) is 0. The molecule has 0 bridgehead atoms. The zero-order chi connectivity index (χ0) is 16.1. The molecule has 3 rings (SSSR count). The molecule has 0 unspecified atom stereocenters. The topological polar surface area (TPSA) is 3.01 Å². The summed E-state index contributed by atoms with van der Waals surface area (Å²) in [4.78, 5) is 0. The van der Waals surface area contributed by atoms with Crippen molar-refractivity contribution in [2.45, 2.75) is 52.6 Å². The van der Waals surface area contributed by atoms with E-state index >= 15 is 0 Å². The molecule has 0 N–H and O–H groups in total. The minimum absolute atomic E-state index is 0.0777. The van der Waals surface area contributed by atoms with Gasteiger partial charge in [0.25, 0.3) is 0 Å². The van der Waals surface area contributed by atoms with Gasteiger partial charge in [0.15, 0.2) is 11.1 Å². The minimum Gasteiger partial charge on any atom is -0.221 e. The molecular weight excluding hydrogens is 266 g/mol. The molecule has 1 nitrogen and oxygen atoms in total. The first kappa shape index (κ1) is 15.0. The van der Waals surface area contributed by atoms with Gasteiger partial charge in [0, 0.05) is 12.2 Å². The van der Waals surface area contributed by atoms with E-state index in [9.17, 15) is 0 Å². The lowest BCUT2D eigenvalue weighted by atomic mass is 9.93. The van der Waals surface area contributed by atoms with E-state index in [4.69, 9.17) is 0 Å². The Morgan fingerprint density at radius 3 is 2.05 bits per heavy atom. The highest BCUT2D eigenvalue weighted by Crippen LogP contribution is 2.38. The fourth-order valence-electron chi connectivity index (χ4n) is 3.86. The number of rotatable bonds is 0. The van der Waals surface area contributed by atoms with Gasteiger partial charge >= 0.3 is 0 Å². The molecule has 0 fully saturated rings. The van der Waals surface area contributed by atoms with Gasteiger partial charge < -0.3 is 0 Å². The van der Waals surface area contributed by atoms with Crippen molar-refractivity contribution in [3.63, 3.8) is 0 Å². The maximum Gasteiger partial charge on any atom is 0.201 e. The summed E-state index contributed by atoms with van der Waals surface area (Å²) >= 11 is 0. The maximum atomic E-state index is 2.52. The Bertz CT molecular complexity index is 725. The van der Waals surface area contributed by atoms with Gasteiger partial charge in [0.2, 0.25) is 5.71 Å². The molecule has 114 valence electrons. The molecule has 1 heteroatoms. The molecule has 0 heterocycles. The van der Waals surface area contributed by atoms with Crippen LogP contribution in [0.25, 0.3) is 11.6 Å². The molecule has 22 heavy (non-hydrogen) atoms. The fraction of sp³-hybridized carbons (Fsp3) is 0.381. The number of fused-ring (bicyclic) bond motifs is 3. The highest BCUT2D eigenvalue weighted by molar-refractivity contribution is 6.14. The van der Waals surface area contributed by atoms with E-state index in [0.29, 0.717) is 0 Å². The molecular formula is C21H26N+. The first-order valence-corrected chi connectivity index (χ1v) is 8.06. The monoisotopic (exact) mass is 292 g/mol. The third-order valence-electron chi connectivity index (χ3n) is 4.20. The lowest BCUT2D eigenvalue weighted by Gasteiger charge is -2.30. The Morgan fingerprint density at radius 1 is 0.773 bits per heavy atom. The molecule has 1 aromatic rings. The summed E-state index contributed by atoms with van der Waals surface area (Å²) in [7, 11) is 0. The first-order chi connectivity index (χ1) is 10.2. The van der Waals surface area contributed by atoms with Crippen molar-refractivity contribution in [1.82, 2.24) is 0 Å². The highest BCUT2D eigenvalue weighted by atomic mass is 15.1. The number of nitrogens with zero attached hydrogens (tertiary/aromatic N) is 1. The summed E-state index contributed by atoms with van der Waals surface area (Å²) in [5.41, 5.74) is 6.81. The molecule has 0 aliphatic heterocycles. The van der Waals surface area contributed by atoms with Crippen LogP contribution in [0, 0.1) is 0 Å². The summed E-state index contributed by atoms with van der Waals surface area (Å²) < 4.78 is 2.52. The molecule has 0 aromatic heterocycles. The second-order valence-corrected chi connectivity index (χ2v) is 8.18. The predicted octanol–water partition coefficient (Wildman–Crippen LogP) is 5.09. The molecule has 2 aliphatic rings. The van der Waals surface area contributed by atoms with Crippen LogP contribution in [0.1, 0.15) is 52.7 Å². The number of allylic oxidation sites excluding steroid dienone is 5. The van der Waals surface area contributed by atoms with Gasteiger partial charge in [-0.3, -0.25) is 0 Å². The summed E-state index contributed by atoms with van der Waals surface area (Å²) in [6, 6.07) is 8.65. The average Bonchev–Trinajstić information content (AvgIpc) is 2.73. The smallest absolute Gasteiger partial charge is 0.201 e. The van der Waals surface area contributed by atoms with Crippen molar-refractivity contribution in [2.24, 2.45) is 0 Å². The molecule has 0 saturated heterocycles. The van der Waals surface area contributed by atoms with Gasteiger partial charge in [-0.05, 0) is 76.0 Å². The standard InChI is InChI=1S/C21H26N/c1-20(2,3)22(21(4,5)6)17-12-11-16-13-15-9-7-8-10-18(15)19(16)14-17/h7-14H,1-6H3/q+1. The van der Waals surface area contributed by atoms with Gasteiger partial charge in [-0.25, -0.2) is 4.58 Å². The van der Waals surface area contributed by atoms with Crippen molar-refractivity contribution in [2.75, 3.05) is 0 Å². The van der Waals surface area contributed by atoms with Crippen LogP contribution >= 0.6 is 0 Å². The number of benzene rings is 1. The summed E-state index contributed by atoms with van der Waals surface area (Å²) in [5.74, 6) is 0. The molecule has 0 radical (unpaired) electrons. The van der Waals surface area contributed by atoms with Gasteiger partial charge in [0.1, 0.15) is 0 Å². The molecule has 2 aliphatic carbocycles. The van der Waals surface area contributed by atoms with E-state index in [0.717, 1.165) is 0 Å². The molecule has 0 amide bonds. The van der Waals surface area contributed by atoms with E-state index in [1.165, 1.54) is 28.0 Å². The van der Waals surface area contributed by atoms with Crippen LogP contribution in [0.3, 0.4) is 0 Å². The Hall–Kier alpha value is -1.89. The van der Waals surface area contributed by atoms with E-state index in [-0.39, 0.29) is 11.1 Å². The SMILES string of the molecule is CC(C)(C)[N+](=C1C=CC2=Cc3ccccc3C2=C1)C(C)(C)C. The minimum atomic E-state index is 0.0777. The van der Waals surface area contributed by atoms with Gasteiger partial charge in [-0.1, -0.05) is 24.3 Å². The average molecular weight is 292 g/mol. The zero-order valence-electron chi connectivity index (χ0n) is 14.6. The van der Waals surface area contributed by atoms with Crippen LogP contribution in [0.5, 0.6) is 0 Å². The van der Waals surface area contributed by atoms with E-state index in [1.54, 1.807) is 0 Å². The van der Waals surface area contributed by atoms with Crippen LogP contribution in [-0.2, 0) is 0 Å². The highest BCUT2D eigenvalue weighted by Gasteiger charge is 2.38. The Kier molecular flexibility index (Phi) is 3.28. The number of hydrogen-bond donors (Lipinski definition) is 0. The molecule has 0 spiro atoms. The normalized spacial score (nSPS) is 16.9. The van der Waals surface area contributed by atoms with Crippen molar-refractivity contribution in [1.29, 1.82) is 0 Å². The van der Waals surface area contributed by atoms with Crippen molar-refractivity contribution < 1.29 is 4.58 Å². The van der Waals surface area contributed by atoms with Crippen molar-refractivity contribution in [3.05, 3.63) is 59.2 Å². The Balaban J connectivity index is 2.20. The van der Waals surface area contributed by atoms with Crippen LogP contribution in [0.2, 0.25) is 0 Å². The quantitative estimate of drug-likeness (QED) is 0.586. The first-order valence-electron chi connectivity index (χ1n) is 8.06. The van der Waals surface area contributed by atoms with Crippen molar-refractivity contribution in [3.8, 4) is 0 Å². The lowest BCUT2D eigenvalue weighted by molar-refractivity contribution is -0.655. The Labute approximate surface area is 134 Å². The Morgan fingerprint density at radius 2 is 1.41 bits per heavy atom. The van der Waals surface area contributed by atoms with Gasteiger partial charge in [-0.2, -0.15) is 0 Å². The van der Waals surface area contributed by atoms with Crippen LogP contribution in [-0.4, -0.2) is 21.4 Å². The van der Waals surface area contributed by atoms with Crippen molar-refractivity contribution >= 4 is 17.4 Å². The van der Waals surface area contributed by atoms with E-state index in [2.05, 4.69) is 94.7 Å². The fourth-order valence-corrected chi connectivity index (χ4v) is 3.86. The van der Waals surface area contributed by atoms with Crippen LogP contribution < -0.4 is 0 Å². The summed E-state index contributed by atoms with van der Waals surface area (Å²) in [6.07, 6.45) is 9.16. The second-order valence-electron chi connectivity index (χ2n) is 8.18. The van der Waals surface area contributed by atoms with Crippen LogP contribution in [0.4, 0.5) is 0 Å².